The second kappa shape index (κ2) is 8.14. The molecule has 0 unspecified atom stereocenters. The molecule has 2 aromatic carbocycles. The molecule has 1 aliphatic carbocycles. The van der Waals surface area contributed by atoms with Crippen LogP contribution in [0.15, 0.2) is 36.4 Å². The summed E-state index contributed by atoms with van der Waals surface area (Å²) in [5.41, 5.74) is 2.37. The normalized spacial score (nSPS) is 19.5. The molecular weight excluding hydrogens is 393 g/mol. The first-order chi connectivity index (χ1) is 14.4. The molecule has 0 bridgehead atoms. The molecule has 0 spiro atoms. The molecule has 1 fully saturated rings. The zero-order valence-corrected chi connectivity index (χ0v) is 16.5. The molecule has 0 radical (unpaired) electrons. The third-order valence-electron chi connectivity index (χ3n) is 5.80. The fourth-order valence-corrected chi connectivity index (χ4v) is 4.29. The molecule has 30 heavy (non-hydrogen) atoms. The summed E-state index contributed by atoms with van der Waals surface area (Å²) in [6.45, 7) is 1.61. The number of aliphatic hydroxyl groups is 1. The number of carbonyl (C=O) groups excluding carboxylic acids is 1. The number of aromatic nitrogens is 1. The van der Waals surface area contributed by atoms with Crippen molar-refractivity contribution in [3.05, 3.63) is 59.4 Å². The predicted octanol–water partition coefficient (Wildman–Crippen LogP) is 4.63. The zero-order chi connectivity index (χ0) is 21.4. The van der Waals surface area contributed by atoms with E-state index in [9.17, 15) is 18.0 Å². The molecular formula is C23H23F3N2O2. The fraction of sp³-hybridized carbons (Fsp3) is 0.348. The number of aromatic amines is 1. The number of rotatable bonds is 6. The maximum Gasteiger partial charge on any atom is 0.220 e. The molecule has 0 aliphatic heterocycles. The highest BCUT2D eigenvalue weighted by Crippen LogP contribution is 2.49. The Kier molecular flexibility index (Phi) is 5.56. The van der Waals surface area contributed by atoms with Crippen LogP contribution in [-0.2, 0) is 4.79 Å². The van der Waals surface area contributed by atoms with Gasteiger partial charge < -0.3 is 15.4 Å². The van der Waals surface area contributed by atoms with E-state index in [1.165, 1.54) is 18.2 Å². The van der Waals surface area contributed by atoms with Crippen molar-refractivity contribution in [1.29, 1.82) is 0 Å². The van der Waals surface area contributed by atoms with Crippen LogP contribution in [0.4, 0.5) is 13.2 Å². The molecule has 4 rings (SSSR count). The quantitative estimate of drug-likeness (QED) is 0.548. The van der Waals surface area contributed by atoms with Gasteiger partial charge in [0, 0.05) is 23.9 Å². The monoisotopic (exact) mass is 416 g/mol. The fourth-order valence-electron chi connectivity index (χ4n) is 4.29. The summed E-state index contributed by atoms with van der Waals surface area (Å²) in [7, 11) is 0. The van der Waals surface area contributed by atoms with Crippen LogP contribution >= 0.6 is 0 Å². The maximum absolute atomic E-state index is 14.4. The first-order valence-corrected chi connectivity index (χ1v) is 10.0. The van der Waals surface area contributed by atoms with Crippen LogP contribution in [0.5, 0.6) is 0 Å². The number of H-pyrrole nitrogens is 1. The van der Waals surface area contributed by atoms with Gasteiger partial charge in [0.25, 0.3) is 0 Å². The van der Waals surface area contributed by atoms with Gasteiger partial charge in [0.1, 0.15) is 17.5 Å². The summed E-state index contributed by atoms with van der Waals surface area (Å²) in [6.07, 6.45) is 1.76. The van der Waals surface area contributed by atoms with E-state index in [4.69, 9.17) is 5.11 Å². The summed E-state index contributed by atoms with van der Waals surface area (Å²) < 4.78 is 41.7. The van der Waals surface area contributed by atoms with Gasteiger partial charge in [-0.05, 0) is 73.1 Å². The second-order valence-electron chi connectivity index (χ2n) is 8.12. The summed E-state index contributed by atoms with van der Waals surface area (Å²) in [5.74, 6) is -1.62. The summed E-state index contributed by atoms with van der Waals surface area (Å²) >= 11 is 0. The summed E-state index contributed by atoms with van der Waals surface area (Å²) in [4.78, 5) is 15.1. The largest absolute Gasteiger partial charge is 0.394 e. The number of benzene rings is 2. The predicted molar refractivity (Wildman–Crippen MR) is 108 cm³/mol. The lowest BCUT2D eigenvalue weighted by Gasteiger charge is -2.36. The summed E-state index contributed by atoms with van der Waals surface area (Å²) in [6, 6.07) is 7.75. The van der Waals surface area contributed by atoms with Crippen molar-refractivity contribution in [3.63, 3.8) is 0 Å². The Balaban J connectivity index is 1.63. The molecule has 1 saturated carbocycles. The lowest BCUT2D eigenvalue weighted by molar-refractivity contribution is -0.123. The second-order valence-corrected chi connectivity index (χ2v) is 8.12. The maximum atomic E-state index is 14.4. The molecule has 7 heteroatoms. The molecule has 3 N–H and O–H groups in total. The van der Waals surface area contributed by atoms with Gasteiger partial charge in [0.2, 0.25) is 5.91 Å². The first-order valence-electron chi connectivity index (χ1n) is 10.0. The van der Waals surface area contributed by atoms with Crippen molar-refractivity contribution < 1.29 is 23.1 Å². The van der Waals surface area contributed by atoms with Gasteiger partial charge in [0.05, 0.1) is 17.8 Å². The minimum atomic E-state index is -0.673. The minimum Gasteiger partial charge on any atom is -0.394 e. The van der Waals surface area contributed by atoms with E-state index >= 15 is 0 Å². The Morgan fingerprint density at radius 2 is 1.87 bits per heavy atom. The van der Waals surface area contributed by atoms with E-state index in [1.54, 1.807) is 19.1 Å². The number of aliphatic hydroxyl groups excluding tert-OH is 1. The zero-order valence-electron chi connectivity index (χ0n) is 16.5. The van der Waals surface area contributed by atoms with Gasteiger partial charge >= 0.3 is 0 Å². The highest BCUT2D eigenvalue weighted by atomic mass is 19.1. The van der Waals surface area contributed by atoms with Crippen molar-refractivity contribution in [3.8, 4) is 11.3 Å². The highest BCUT2D eigenvalue weighted by molar-refractivity contribution is 5.92. The molecule has 1 heterocycles. The van der Waals surface area contributed by atoms with Gasteiger partial charge in [-0.1, -0.05) is 0 Å². The average Bonchev–Trinajstić information content (AvgIpc) is 3.04. The van der Waals surface area contributed by atoms with Crippen LogP contribution in [0.25, 0.3) is 22.2 Å². The minimum absolute atomic E-state index is 0.0352. The topological polar surface area (TPSA) is 65.1 Å². The van der Waals surface area contributed by atoms with Crippen LogP contribution < -0.4 is 5.32 Å². The van der Waals surface area contributed by atoms with Crippen molar-refractivity contribution in [2.45, 2.75) is 38.1 Å². The van der Waals surface area contributed by atoms with E-state index in [0.717, 1.165) is 11.6 Å². The van der Waals surface area contributed by atoms with Crippen LogP contribution in [0.1, 0.15) is 37.7 Å². The van der Waals surface area contributed by atoms with Crippen LogP contribution in [0.3, 0.4) is 0 Å². The third kappa shape index (κ3) is 3.94. The van der Waals surface area contributed by atoms with E-state index < -0.39 is 11.6 Å². The Hall–Kier alpha value is -2.80. The van der Waals surface area contributed by atoms with Crippen LogP contribution in [0.2, 0.25) is 0 Å². The standard InChI is InChI=1S/C23H23F3N2O2/c1-12(11-29)27-20(30)8-13-6-15(7-13)21-18-9-17(25)10-19(26)23(18)28-22(21)14-2-4-16(24)5-3-14/h2-5,9-10,12-13,15,28-29H,6-8,11H2,1H3,(H,27,30)/t12-,13?,15?/m1/s1. The van der Waals surface area contributed by atoms with Crippen molar-refractivity contribution in [2.75, 3.05) is 6.61 Å². The lowest BCUT2D eigenvalue weighted by Crippen LogP contribution is -2.37. The molecule has 3 aromatic rings. The van der Waals surface area contributed by atoms with Gasteiger partial charge in [-0.15, -0.1) is 0 Å². The number of halogens is 3. The van der Waals surface area contributed by atoms with Crippen LogP contribution in [0, 0.1) is 23.4 Å². The molecule has 158 valence electrons. The van der Waals surface area contributed by atoms with Gasteiger partial charge in [-0.25, -0.2) is 13.2 Å². The Morgan fingerprint density at radius 1 is 1.17 bits per heavy atom. The number of hydrogen-bond donors (Lipinski definition) is 3. The smallest absolute Gasteiger partial charge is 0.220 e. The van der Waals surface area contributed by atoms with Crippen molar-refractivity contribution in [2.24, 2.45) is 5.92 Å². The Morgan fingerprint density at radius 3 is 2.53 bits per heavy atom. The van der Waals surface area contributed by atoms with E-state index in [2.05, 4.69) is 10.3 Å². The average molecular weight is 416 g/mol. The molecule has 0 saturated heterocycles. The van der Waals surface area contributed by atoms with E-state index in [0.29, 0.717) is 35.9 Å². The first kappa shape index (κ1) is 20.5. The Labute approximate surface area is 172 Å². The highest BCUT2D eigenvalue weighted by Gasteiger charge is 2.35. The van der Waals surface area contributed by atoms with Gasteiger partial charge in [0.15, 0.2) is 0 Å². The van der Waals surface area contributed by atoms with E-state index in [1.807, 2.05) is 0 Å². The molecule has 1 amide bonds. The Bertz CT molecular complexity index is 1070. The summed E-state index contributed by atoms with van der Waals surface area (Å²) in [5, 5.41) is 12.3. The van der Waals surface area contributed by atoms with Gasteiger partial charge in [-0.2, -0.15) is 0 Å². The number of hydrogen-bond acceptors (Lipinski definition) is 2. The van der Waals surface area contributed by atoms with Crippen molar-refractivity contribution >= 4 is 16.8 Å². The molecule has 1 atom stereocenters. The number of nitrogens with one attached hydrogen (secondary N) is 2. The van der Waals surface area contributed by atoms with E-state index in [-0.39, 0.29) is 41.7 Å². The number of carbonyl (C=O) groups is 1. The molecule has 4 nitrogen and oxygen atoms in total. The van der Waals surface area contributed by atoms with Crippen LogP contribution in [-0.4, -0.2) is 28.6 Å². The third-order valence-corrected chi connectivity index (χ3v) is 5.80. The molecule has 1 aromatic heterocycles. The SMILES string of the molecule is C[C@H](CO)NC(=O)CC1CC(c2c(-c3ccc(F)cc3)[nH]c3c(F)cc(F)cc23)C1. The molecule has 1 aliphatic rings. The lowest BCUT2D eigenvalue weighted by atomic mass is 9.69. The number of fused-ring (bicyclic) bond motifs is 1. The van der Waals surface area contributed by atoms with Gasteiger partial charge in [-0.3, -0.25) is 4.79 Å². The number of amides is 1. The van der Waals surface area contributed by atoms with Crippen molar-refractivity contribution in [1.82, 2.24) is 10.3 Å².